The Bertz CT molecular complexity index is 704. The van der Waals surface area contributed by atoms with Crippen LogP contribution in [-0.2, 0) is 6.54 Å². The fraction of sp³-hybridized carbons (Fsp3) is 0.400. The molecule has 0 aliphatic rings. The van der Waals surface area contributed by atoms with Gasteiger partial charge in [-0.1, -0.05) is 31.4 Å². The Labute approximate surface area is 126 Å². The van der Waals surface area contributed by atoms with E-state index in [4.69, 9.17) is 5.26 Å². The molecule has 116 valence electrons. The maximum Gasteiger partial charge on any atom is 0.195 e. The van der Waals surface area contributed by atoms with E-state index in [0.29, 0.717) is 6.54 Å². The highest BCUT2D eigenvalue weighted by Crippen LogP contribution is 2.28. The summed E-state index contributed by atoms with van der Waals surface area (Å²) < 4.78 is 41.8. The zero-order valence-electron chi connectivity index (χ0n) is 12.1. The highest BCUT2D eigenvalue weighted by Gasteiger charge is 2.22. The molecule has 1 aromatic heterocycles. The minimum atomic E-state index is -1.57. The van der Waals surface area contributed by atoms with Gasteiger partial charge in [-0.3, -0.25) is 0 Å². The lowest BCUT2D eigenvalue weighted by Crippen LogP contribution is -2.05. The van der Waals surface area contributed by atoms with Crippen molar-refractivity contribution >= 4 is 0 Å². The Morgan fingerprint density at radius 3 is 2.59 bits per heavy atom. The summed E-state index contributed by atoms with van der Waals surface area (Å²) in [6.07, 6.45) is 3.85. The molecule has 0 N–H and O–H groups in total. The Kier molecular flexibility index (Phi) is 5.15. The van der Waals surface area contributed by atoms with E-state index in [1.54, 1.807) is 6.07 Å². The summed E-state index contributed by atoms with van der Waals surface area (Å²) in [5.41, 5.74) is -0.244. The zero-order chi connectivity index (χ0) is 16.1. The average molecular weight is 308 g/mol. The third-order valence-corrected chi connectivity index (χ3v) is 3.35. The summed E-state index contributed by atoms with van der Waals surface area (Å²) in [4.78, 5) is 0. The molecule has 7 heteroatoms. The number of halogens is 3. The number of nitrogens with zero attached hydrogens (tertiary/aromatic N) is 4. The van der Waals surface area contributed by atoms with E-state index in [1.807, 2.05) is 0 Å². The van der Waals surface area contributed by atoms with Crippen LogP contribution in [0, 0.1) is 28.8 Å². The normalized spacial score (nSPS) is 10.7. The first-order valence-electron chi connectivity index (χ1n) is 7.07. The summed E-state index contributed by atoms with van der Waals surface area (Å²) in [5.74, 6) is -4.18. The molecule has 1 heterocycles. The van der Waals surface area contributed by atoms with Gasteiger partial charge in [0, 0.05) is 12.1 Å². The van der Waals surface area contributed by atoms with Crippen LogP contribution in [0.25, 0.3) is 11.3 Å². The van der Waals surface area contributed by atoms with Crippen LogP contribution in [0.1, 0.15) is 38.3 Å². The van der Waals surface area contributed by atoms with Gasteiger partial charge < -0.3 is 0 Å². The summed E-state index contributed by atoms with van der Waals surface area (Å²) in [6.45, 7) is 2.51. The van der Waals surface area contributed by atoms with Crippen molar-refractivity contribution < 1.29 is 13.2 Å². The van der Waals surface area contributed by atoms with Gasteiger partial charge in [-0.05, 0) is 18.6 Å². The van der Waals surface area contributed by atoms with E-state index in [1.165, 1.54) is 4.68 Å². The van der Waals surface area contributed by atoms with E-state index in [-0.39, 0.29) is 17.0 Å². The number of aryl methyl sites for hydroxylation is 1. The van der Waals surface area contributed by atoms with Crippen LogP contribution < -0.4 is 0 Å². The van der Waals surface area contributed by atoms with Crippen LogP contribution in [0.2, 0.25) is 0 Å². The second kappa shape index (κ2) is 7.07. The third-order valence-electron chi connectivity index (χ3n) is 3.35. The van der Waals surface area contributed by atoms with Crippen molar-refractivity contribution in [1.29, 1.82) is 5.26 Å². The van der Waals surface area contributed by atoms with Crippen LogP contribution in [0.15, 0.2) is 12.1 Å². The summed E-state index contributed by atoms with van der Waals surface area (Å²) in [5, 5.41) is 16.5. The van der Waals surface area contributed by atoms with Gasteiger partial charge in [0.05, 0.1) is 0 Å². The van der Waals surface area contributed by atoms with Crippen molar-refractivity contribution in [2.45, 2.75) is 39.2 Å². The van der Waals surface area contributed by atoms with Gasteiger partial charge in [0.15, 0.2) is 23.1 Å². The van der Waals surface area contributed by atoms with Crippen molar-refractivity contribution in [2.24, 2.45) is 0 Å². The number of aromatic nitrogens is 3. The van der Waals surface area contributed by atoms with E-state index in [9.17, 15) is 13.2 Å². The second-order valence-corrected chi connectivity index (χ2v) is 4.91. The van der Waals surface area contributed by atoms with Gasteiger partial charge in [-0.25, -0.2) is 17.9 Å². The Morgan fingerprint density at radius 1 is 1.14 bits per heavy atom. The molecule has 0 fully saturated rings. The van der Waals surface area contributed by atoms with E-state index < -0.39 is 17.5 Å². The first-order valence-corrected chi connectivity index (χ1v) is 7.07. The molecular weight excluding hydrogens is 293 g/mol. The predicted octanol–water partition coefficient (Wildman–Crippen LogP) is 3.81. The second-order valence-electron chi connectivity index (χ2n) is 4.91. The molecule has 2 rings (SSSR count). The zero-order valence-corrected chi connectivity index (χ0v) is 12.1. The van der Waals surface area contributed by atoms with Gasteiger partial charge in [0.25, 0.3) is 0 Å². The summed E-state index contributed by atoms with van der Waals surface area (Å²) >= 11 is 0. The molecule has 0 amide bonds. The molecule has 0 saturated heterocycles. The fourth-order valence-corrected chi connectivity index (χ4v) is 2.21. The van der Waals surface area contributed by atoms with Crippen LogP contribution in [0.5, 0.6) is 0 Å². The lowest BCUT2D eigenvalue weighted by atomic mass is 10.1. The minimum absolute atomic E-state index is 0.0791. The third kappa shape index (κ3) is 3.11. The molecule has 0 aliphatic heterocycles. The van der Waals surface area contributed by atoms with E-state index >= 15 is 0 Å². The fourth-order valence-electron chi connectivity index (χ4n) is 2.21. The van der Waals surface area contributed by atoms with Gasteiger partial charge in [0.2, 0.25) is 0 Å². The van der Waals surface area contributed by atoms with Crippen LogP contribution in [0.4, 0.5) is 13.2 Å². The maximum absolute atomic E-state index is 14.0. The highest BCUT2D eigenvalue weighted by atomic mass is 19.2. The Hall–Kier alpha value is -2.36. The maximum atomic E-state index is 14.0. The van der Waals surface area contributed by atoms with Crippen LogP contribution in [-0.4, -0.2) is 15.0 Å². The van der Waals surface area contributed by atoms with Gasteiger partial charge in [-0.2, -0.15) is 5.26 Å². The number of benzene rings is 1. The summed E-state index contributed by atoms with van der Waals surface area (Å²) in [7, 11) is 0. The van der Waals surface area contributed by atoms with Crippen LogP contribution in [0.3, 0.4) is 0 Å². The molecule has 0 atom stereocenters. The van der Waals surface area contributed by atoms with Crippen molar-refractivity contribution in [1.82, 2.24) is 15.0 Å². The number of hydrogen-bond acceptors (Lipinski definition) is 3. The monoisotopic (exact) mass is 308 g/mol. The predicted molar refractivity (Wildman–Crippen MR) is 74.2 cm³/mol. The van der Waals surface area contributed by atoms with Crippen molar-refractivity contribution in [3.63, 3.8) is 0 Å². The number of rotatable bonds is 6. The first kappa shape index (κ1) is 16.0. The number of hydrogen-bond donors (Lipinski definition) is 0. The topological polar surface area (TPSA) is 54.5 Å². The van der Waals surface area contributed by atoms with E-state index in [0.717, 1.165) is 37.8 Å². The van der Waals surface area contributed by atoms with Gasteiger partial charge >= 0.3 is 0 Å². The molecular formula is C15H15F3N4. The largest absolute Gasteiger partial charge is 0.243 e. The molecule has 0 bridgehead atoms. The molecule has 2 aromatic rings. The average Bonchev–Trinajstić information content (AvgIpc) is 2.92. The van der Waals surface area contributed by atoms with E-state index in [2.05, 4.69) is 17.2 Å². The Balaban J connectivity index is 2.39. The standard InChI is InChI=1S/C15H15F3N4/c1-2-3-4-5-8-22-15(12(9-19)20-21-22)10-6-7-11(16)14(18)13(10)17/h6-7H,2-5,8H2,1H3. The highest BCUT2D eigenvalue weighted by molar-refractivity contribution is 5.65. The minimum Gasteiger partial charge on any atom is -0.243 e. The van der Waals surface area contributed by atoms with Gasteiger partial charge in [-0.15, -0.1) is 5.10 Å². The smallest absolute Gasteiger partial charge is 0.195 e. The quantitative estimate of drug-likeness (QED) is 0.602. The lowest BCUT2D eigenvalue weighted by molar-refractivity contribution is 0.447. The molecule has 0 spiro atoms. The van der Waals surface area contributed by atoms with Crippen LogP contribution >= 0.6 is 0 Å². The van der Waals surface area contributed by atoms with Gasteiger partial charge in [0.1, 0.15) is 11.8 Å². The molecule has 1 aromatic carbocycles. The molecule has 4 nitrogen and oxygen atoms in total. The summed E-state index contributed by atoms with van der Waals surface area (Å²) in [6, 6.07) is 3.72. The molecule has 0 radical (unpaired) electrons. The van der Waals surface area contributed by atoms with Crippen molar-refractivity contribution in [2.75, 3.05) is 0 Å². The molecule has 0 aliphatic carbocycles. The lowest BCUT2D eigenvalue weighted by Gasteiger charge is -2.08. The first-order chi connectivity index (χ1) is 10.6. The van der Waals surface area contributed by atoms with Crippen molar-refractivity contribution in [3.8, 4) is 17.3 Å². The molecule has 0 unspecified atom stereocenters. The molecule has 22 heavy (non-hydrogen) atoms. The Morgan fingerprint density at radius 2 is 1.91 bits per heavy atom. The number of nitriles is 1. The number of unbranched alkanes of at least 4 members (excludes halogenated alkanes) is 3. The SMILES string of the molecule is CCCCCCn1nnc(C#N)c1-c1ccc(F)c(F)c1F. The van der Waals surface area contributed by atoms with Crippen molar-refractivity contribution in [3.05, 3.63) is 35.3 Å². The molecule has 0 saturated carbocycles.